The van der Waals surface area contributed by atoms with Gasteiger partial charge in [-0.15, -0.1) is 11.3 Å². The minimum atomic E-state index is -0.485. The van der Waals surface area contributed by atoms with E-state index in [-0.39, 0.29) is 12.5 Å². The van der Waals surface area contributed by atoms with Crippen LogP contribution in [-0.4, -0.2) is 25.5 Å². The maximum absolute atomic E-state index is 11.2. The number of carbonyl (C=O) groups excluding carboxylic acids is 2. The van der Waals surface area contributed by atoms with E-state index in [0.717, 1.165) is 4.88 Å². The summed E-state index contributed by atoms with van der Waals surface area (Å²) in [5.74, 6) is -0.837. The topological polar surface area (TPSA) is 55.4 Å². The van der Waals surface area contributed by atoms with Gasteiger partial charge < -0.3 is 10.1 Å². The van der Waals surface area contributed by atoms with Crippen LogP contribution in [0.2, 0.25) is 4.34 Å². The summed E-state index contributed by atoms with van der Waals surface area (Å²) in [6.45, 7) is -0.134. The highest BCUT2D eigenvalue weighted by Gasteiger charge is 2.01. The Kier molecular flexibility index (Phi) is 5.01. The van der Waals surface area contributed by atoms with Crippen LogP contribution in [0.3, 0.4) is 0 Å². The summed E-state index contributed by atoms with van der Waals surface area (Å²) in [6, 6.07) is 3.55. The molecule has 1 aromatic heterocycles. The Morgan fingerprint density at radius 2 is 2.31 bits per heavy atom. The molecule has 0 spiro atoms. The van der Waals surface area contributed by atoms with Gasteiger partial charge in [0.25, 0.3) is 0 Å². The molecule has 1 amide bonds. The van der Waals surface area contributed by atoms with Gasteiger partial charge in [-0.05, 0) is 18.2 Å². The Balaban J connectivity index is 2.39. The second-order valence-electron chi connectivity index (χ2n) is 2.77. The summed E-state index contributed by atoms with van der Waals surface area (Å²) in [5.41, 5.74) is 0. The molecule has 0 aliphatic rings. The first-order valence-corrected chi connectivity index (χ1v) is 5.59. The second kappa shape index (κ2) is 6.30. The first kappa shape index (κ1) is 12.7. The second-order valence-corrected chi connectivity index (χ2v) is 4.52. The fraction of sp³-hybridized carbons (Fsp3) is 0.200. The van der Waals surface area contributed by atoms with Crippen molar-refractivity contribution in [3.05, 3.63) is 27.4 Å². The Labute approximate surface area is 102 Å². The van der Waals surface area contributed by atoms with Gasteiger partial charge in [-0.3, -0.25) is 9.59 Å². The van der Waals surface area contributed by atoms with Crippen molar-refractivity contribution in [2.45, 2.75) is 0 Å². The molecular weight excluding hydrogens is 250 g/mol. The van der Waals surface area contributed by atoms with Crippen LogP contribution >= 0.6 is 22.9 Å². The lowest BCUT2D eigenvalue weighted by atomic mass is 10.4. The summed E-state index contributed by atoms with van der Waals surface area (Å²) < 4.78 is 5.04. The predicted molar refractivity (Wildman–Crippen MR) is 63.4 cm³/mol. The summed E-state index contributed by atoms with van der Waals surface area (Å²) in [7, 11) is 1.26. The molecule has 0 fully saturated rings. The van der Waals surface area contributed by atoms with E-state index in [1.54, 1.807) is 18.2 Å². The Hall–Kier alpha value is -1.33. The summed E-state index contributed by atoms with van der Waals surface area (Å²) in [6.07, 6.45) is 2.97. The molecule has 0 radical (unpaired) electrons. The van der Waals surface area contributed by atoms with Gasteiger partial charge >= 0.3 is 5.97 Å². The highest BCUT2D eigenvalue weighted by Crippen LogP contribution is 2.22. The quantitative estimate of drug-likeness (QED) is 0.662. The van der Waals surface area contributed by atoms with E-state index >= 15 is 0 Å². The van der Waals surface area contributed by atoms with Crippen LogP contribution in [0.15, 0.2) is 18.2 Å². The Morgan fingerprint density at radius 3 is 2.88 bits per heavy atom. The van der Waals surface area contributed by atoms with Gasteiger partial charge in [0.05, 0.1) is 11.4 Å². The normalized spacial score (nSPS) is 10.4. The zero-order valence-electron chi connectivity index (χ0n) is 8.53. The minimum absolute atomic E-state index is 0.134. The number of carbonyl (C=O) groups is 2. The first-order chi connectivity index (χ1) is 7.61. The van der Waals surface area contributed by atoms with Crippen molar-refractivity contribution >= 4 is 40.9 Å². The summed E-state index contributed by atoms with van der Waals surface area (Å²) in [5, 5.41) is 2.38. The lowest BCUT2D eigenvalue weighted by Gasteiger charge is -1.98. The van der Waals surface area contributed by atoms with Crippen LogP contribution in [0.1, 0.15) is 4.88 Å². The molecule has 86 valence electrons. The van der Waals surface area contributed by atoms with Gasteiger partial charge in [-0.1, -0.05) is 11.6 Å². The van der Waals surface area contributed by atoms with E-state index in [1.807, 2.05) is 0 Å². The van der Waals surface area contributed by atoms with Crippen molar-refractivity contribution in [1.82, 2.24) is 5.32 Å². The highest BCUT2D eigenvalue weighted by molar-refractivity contribution is 7.17. The average Bonchev–Trinajstić information content (AvgIpc) is 2.69. The maximum Gasteiger partial charge on any atom is 0.325 e. The fourth-order valence-electron chi connectivity index (χ4n) is 0.866. The Bertz CT molecular complexity index is 414. The molecule has 0 unspecified atom stereocenters. The summed E-state index contributed by atoms with van der Waals surface area (Å²) in [4.78, 5) is 22.8. The van der Waals surface area contributed by atoms with Crippen LogP contribution in [0.25, 0.3) is 6.08 Å². The molecule has 16 heavy (non-hydrogen) atoms. The van der Waals surface area contributed by atoms with Gasteiger partial charge in [0.2, 0.25) is 5.91 Å². The van der Waals surface area contributed by atoms with Crippen LogP contribution in [0, 0.1) is 0 Å². The van der Waals surface area contributed by atoms with E-state index in [9.17, 15) is 9.59 Å². The van der Waals surface area contributed by atoms with Crippen molar-refractivity contribution < 1.29 is 14.3 Å². The molecule has 0 aliphatic heterocycles. The average molecular weight is 260 g/mol. The number of rotatable bonds is 4. The Morgan fingerprint density at radius 1 is 1.56 bits per heavy atom. The van der Waals surface area contributed by atoms with E-state index in [1.165, 1.54) is 24.5 Å². The number of amides is 1. The monoisotopic (exact) mass is 259 g/mol. The van der Waals surface area contributed by atoms with Gasteiger partial charge in [0.15, 0.2) is 0 Å². The third-order valence-electron chi connectivity index (χ3n) is 1.63. The molecule has 4 nitrogen and oxygen atoms in total. The lowest BCUT2D eigenvalue weighted by molar-refractivity contribution is -0.140. The van der Waals surface area contributed by atoms with Crippen molar-refractivity contribution in [2.75, 3.05) is 13.7 Å². The van der Waals surface area contributed by atoms with Gasteiger partial charge in [0.1, 0.15) is 6.54 Å². The van der Waals surface area contributed by atoms with E-state index in [4.69, 9.17) is 11.6 Å². The first-order valence-electron chi connectivity index (χ1n) is 4.40. The van der Waals surface area contributed by atoms with Crippen molar-refractivity contribution in [3.8, 4) is 0 Å². The van der Waals surface area contributed by atoms with Gasteiger partial charge in [-0.2, -0.15) is 0 Å². The van der Waals surface area contributed by atoms with E-state index in [0.29, 0.717) is 4.34 Å². The van der Waals surface area contributed by atoms with Gasteiger partial charge in [0, 0.05) is 11.0 Å². The van der Waals surface area contributed by atoms with E-state index in [2.05, 4.69) is 10.1 Å². The van der Waals surface area contributed by atoms with E-state index < -0.39 is 5.97 Å². The van der Waals surface area contributed by atoms with Crippen LogP contribution in [-0.2, 0) is 14.3 Å². The number of hydrogen-bond acceptors (Lipinski definition) is 4. The summed E-state index contributed by atoms with van der Waals surface area (Å²) >= 11 is 7.09. The molecule has 1 rings (SSSR count). The predicted octanol–water partition coefficient (Wildman–Crippen LogP) is 1.70. The number of ether oxygens (including phenoxy) is 1. The molecule has 0 bridgehead atoms. The lowest BCUT2D eigenvalue weighted by Crippen LogP contribution is -2.28. The number of nitrogens with one attached hydrogen (secondary N) is 1. The number of esters is 1. The van der Waals surface area contributed by atoms with Crippen molar-refractivity contribution in [3.63, 3.8) is 0 Å². The fourth-order valence-corrected chi connectivity index (χ4v) is 1.83. The zero-order valence-corrected chi connectivity index (χ0v) is 10.1. The van der Waals surface area contributed by atoms with Crippen molar-refractivity contribution in [1.29, 1.82) is 0 Å². The van der Waals surface area contributed by atoms with Crippen LogP contribution in [0.4, 0.5) is 0 Å². The highest BCUT2D eigenvalue weighted by atomic mass is 35.5. The molecule has 1 heterocycles. The third kappa shape index (κ3) is 4.46. The molecule has 6 heteroatoms. The molecule has 1 N–H and O–H groups in total. The molecule has 0 aliphatic carbocycles. The number of methoxy groups -OCH3 is 1. The molecule has 0 saturated heterocycles. The van der Waals surface area contributed by atoms with Crippen LogP contribution in [0.5, 0.6) is 0 Å². The third-order valence-corrected chi connectivity index (χ3v) is 2.82. The number of halogens is 1. The maximum atomic E-state index is 11.2. The largest absolute Gasteiger partial charge is 0.468 e. The standard InChI is InChI=1S/C10H10ClNO3S/c1-15-10(14)6-12-9(13)5-3-7-2-4-8(11)16-7/h2-5H,6H2,1H3,(H,12,13). The number of hydrogen-bond donors (Lipinski definition) is 1. The van der Waals surface area contributed by atoms with Crippen molar-refractivity contribution in [2.24, 2.45) is 0 Å². The molecular formula is C10H10ClNO3S. The molecule has 0 saturated carbocycles. The SMILES string of the molecule is COC(=O)CNC(=O)C=Cc1ccc(Cl)s1. The molecule has 1 aromatic rings. The molecule has 0 atom stereocenters. The minimum Gasteiger partial charge on any atom is -0.468 e. The molecule has 0 aromatic carbocycles. The van der Waals surface area contributed by atoms with Gasteiger partial charge in [-0.25, -0.2) is 0 Å². The smallest absolute Gasteiger partial charge is 0.325 e. The zero-order chi connectivity index (χ0) is 12.0. The van der Waals surface area contributed by atoms with Crippen LogP contribution < -0.4 is 5.32 Å². The number of thiophene rings is 1.